The summed E-state index contributed by atoms with van der Waals surface area (Å²) < 4.78 is 7.01. The summed E-state index contributed by atoms with van der Waals surface area (Å²) in [6, 6.07) is 80.6. The van der Waals surface area contributed by atoms with Crippen molar-refractivity contribution >= 4 is 16.5 Å². The number of aromatic nitrogens is 3. The molecule has 0 bridgehead atoms. The van der Waals surface area contributed by atoms with Crippen LogP contribution in [0.15, 0.2) is 231 Å². The predicted molar refractivity (Wildman–Crippen MR) is 274 cm³/mol. The van der Waals surface area contributed by atoms with E-state index in [1.807, 2.05) is 24.3 Å². The monoisotopic (exact) mass is 866 g/mol. The van der Waals surface area contributed by atoms with Crippen molar-refractivity contribution in [1.82, 2.24) is 15.0 Å². The Morgan fingerprint density at radius 3 is 1.60 bits per heavy atom. The molecular formula is C63H38N4O. The van der Waals surface area contributed by atoms with E-state index in [0.717, 1.165) is 67.0 Å². The zero-order valence-electron chi connectivity index (χ0n) is 36.6. The largest absolute Gasteiger partial charge is 0.456 e. The zero-order valence-corrected chi connectivity index (χ0v) is 36.6. The summed E-state index contributed by atoms with van der Waals surface area (Å²) in [6.07, 6.45) is 0. The van der Waals surface area contributed by atoms with Crippen LogP contribution in [0.1, 0.15) is 22.3 Å². The Morgan fingerprint density at radius 1 is 0.368 bits per heavy atom. The molecule has 5 heteroatoms. The summed E-state index contributed by atoms with van der Waals surface area (Å²) in [7, 11) is 0. The highest BCUT2D eigenvalue weighted by Crippen LogP contribution is 2.57. The van der Waals surface area contributed by atoms with Crippen molar-refractivity contribution in [2.75, 3.05) is 0 Å². The second kappa shape index (κ2) is 15.7. The Morgan fingerprint density at radius 2 is 0.882 bits per heavy atom. The van der Waals surface area contributed by atoms with Crippen molar-refractivity contribution in [3.05, 3.63) is 264 Å². The van der Waals surface area contributed by atoms with Crippen molar-refractivity contribution in [3.63, 3.8) is 0 Å². The summed E-state index contributed by atoms with van der Waals surface area (Å²) in [5, 5.41) is 2.30. The first kappa shape index (κ1) is 39.2. The van der Waals surface area contributed by atoms with E-state index in [1.165, 1.54) is 38.8 Å². The van der Waals surface area contributed by atoms with Gasteiger partial charge in [0.1, 0.15) is 11.5 Å². The average molecular weight is 867 g/mol. The standard InChI is InChI=1S/C63H38N4O/c1-64-47-34-32-40(33-35-47)60-65-61(67-62(66-60)54-37-36-53-50-25-9-8-24-49(50)51-27-14-28-52(54)58(51)53)44-19-13-17-42(39-44)41-16-12-18-43(38-41)48-26-15-30-56-59(48)68-57-31-11-10-29-55(57)63(56,45-20-4-2-5-21-45)46-22-6-3-7-23-46/h2-39H. The minimum Gasteiger partial charge on any atom is -0.456 e. The van der Waals surface area contributed by atoms with Gasteiger partial charge in [-0.05, 0) is 85.1 Å². The Bertz CT molecular complexity index is 3770. The maximum Gasteiger partial charge on any atom is 0.187 e. The van der Waals surface area contributed by atoms with Gasteiger partial charge < -0.3 is 4.74 Å². The Hall–Kier alpha value is -9.24. The van der Waals surface area contributed by atoms with Crippen LogP contribution in [0.2, 0.25) is 0 Å². The third-order valence-corrected chi connectivity index (χ3v) is 13.6. The van der Waals surface area contributed by atoms with Gasteiger partial charge in [0.15, 0.2) is 23.2 Å². The van der Waals surface area contributed by atoms with Crippen LogP contribution in [0, 0.1) is 6.57 Å². The van der Waals surface area contributed by atoms with Crippen LogP contribution in [-0.4, -0.2) is 15.0 Å². The molecule has 0 atom stereocenters. The van der Waals surface area contributed by atoms with Crippen molar-refractivity contribution in [2.24, 2.45) is 0 Å². The molecular weight excluding hydrogens is 829 g/mol. The number of fused-ring (bicyclic) bond motifs is 5. The van der Waals surface area contributed by atoms with Crippen molar-refractivity contribution in [2.45, 2.75) is 5.41 Å². The van der Waals surface area contributed by atoms with E-state index in [2.05, 4.69) is 211 Å². The number of hydrogen-bond donors (Lipinski definition) is 0. The number of ether oxygens (including phenoxy) is 1. The van der Waals surface area contributed by atoms with Gasteiger partial charge in [-0.25, -0.2) is 19.8 Å². The molecule has 13 rings (SSSR count). The maximum absolute atomic E-state index is 7.56. The van der Waals surface area contributed by atoms with E-state index in [-0.39, 0.29) is 0 Å². The Labute approximate surface area is 394 Å². The molecule has 0 saturated heterocycles. The van der Waals surface area contributed by atoms with Crippen LogP contribution >= 0.6 is 0 Å². The van der Waals surface area contributed by atoms with E-state index in [1.54, 1.807) is 0 Å². The Balaban J connectivity index is 0.940. The van der Waals surface area contributed by atoms with Gasteiger partial charge in [0.2, 0.25) is 0 Å². The normalized spacial score (nSPS) is 12.6. The molecule has 1 aliphatic carbocycles. The van der Waals surface area contributed by atoms with Gasteiger partial charge in [-0.3, -0.25) is 0 Å². The van der Waals surface area contributed by atoms with Gasteiger partial charge in [0.05, 0.1) is 12.0 Å². The molecule has 2 aliphatic rings. The van der Waals surface area contributed by atoms with Crippen LogP contribution in [-0.2, 0) is 5.41 Å². The van der Waals surface area contributed by atoms with Gasteiger partial charge in [-0.15, -0.1) is 0 Å². The maximum atomic E-state index is 7.56. The summed E-state index contributed by atoms with van der Waals surface area (Å²) in [4.78, 5) is 19.2. The third kappa shape index (κ3) is 6.12. The highest BCUT2D eigenvalue weighted by molar-refractivity contribution is 6.18. The van der Waals surface area contributed by atoms with Gasteiger partial charge in [0.25, 0.3) is 0 Å². The van der Waals surface area contributed by atoms with Crippen LogP contribution in [0.4, 0.5) is 5.69 Å². The van der Waals surface area contributed by atoms with Gasteiger partial charge in [0, 0.05) is 33.4 Å². The van der Waals surface area contributed by atoms with Crippen LogP contribution in [0.3, 0.4) is 0 Å². The molecule has 68 heavy (non-hydrogen) atoms. The second-order valence-corrected chi connectivity index (χ2v) is 17.3. The summed E-state index contributed by atoms with van der Waals surface area (Å²) in [5.41, 5.74) is 16.1. The minimum atomic E-state index is -0.617. The lowest BCUT2D eigenvalue weighted by atomic mass is 9.63. The molecule has 5 nitrogen and oxygen atoms in total. The molecule has 0 fully saturated rings. The van der Waals surface area contributed by atoms with E-state index in [9.17, 15) is 0 Å². The number of para-hydroxylation sites is 2. The number of nitrogens with zero attached hydrogens (tertiary/aromatic N) is 4. The van der Waals surface area contributed by atoms with Crippen LogP contribution in [0.5, 0.6) is 11.5 Å². The molecule has 2 heterocycles. The molecule has 0 saturated carbocycles. The van der Waals surface area contributed by atoms with Crippen LogP contribution < -0.4 is 4.74 Å². The second-order valence-electron chi connectivity index (χ2n) is 17.3. The lowest BCUT2D eigenvalue weighted by molar-refractivity contribution is 0.436. The molecule has 0 unspecified atom stereocenters. The number of rotatable bonds is 7. The fraction of sp³-hybridized carbons (Fsp3) is 0.0159. The third-order valence-electron chi connectivity index (χ3n) is 13.6. The summed E-state index contributed by atoms with van der Waals surface area (Å²) in [5.74, 6) is 3.36. The molecule has 316 valence electrons. The molecule has 0 amide bonds. The minimum absolute atomic E-state index is 0.540. The summed E-state index contributed by atoms with van der Waals surface area (Å²) >= 11 is 0. The lowest BCUT2D eigenvalue weighted by Crippen LogP contribution is -2.34. The first-order valence-corrected chi connectivity index (χ1v) is 22.8. The first-order valence-electron chi connectivity index (χ1n) is 22.8. The Kier molecular flexibility index (Phi) is 9.06. The van der Waals surface area contributed by atoms with Crippen molar-refractivity contribution < 1.29 is 4.74 Å². The smallest absolute Gasteiger partial charge is 0.187 e. The molecule has 1 aliphatic heterocycles. The number of hydrogen-bond acceptors (Lipinski definition) is 4. The first-order chi connectivity index (χ1) is 33.7. The van der Waals surface area contributed by atoms with E-state index in [4.69, 9.17) is 26.3 Å². The van der Waals surface area contributed by atoms with E-state index in [0.29, 0.717) is 23.2 Å². The summed E-state index contributed by atoms with van der Waals surface area (Å²) in [6.45, 7) is 7.56. The van der Waals surface area contributed by atoms with Gasteiger partial charge in [-0.2, -0.15) is 0 Å². The zero-order chi connectivity index (χ0) is 45.2. The van der Waals surface area contributed by atoms with Crippen molar-refractivity contribution in [1.29, 1.82) is 0 Å². The number of benzene rings is 10. The van der Waals surface area contributed by atoms with E-state index >= 15 is 0 Å². The molecule has 0 radical (unpaired) electrons. The highest BCUT2D eigenvalue weighted by Gasteiger charge is 2.46. The predicted octanol–water partition coefficient (Wildman–Crippen LogP) is 16.0. The highest BCUT2D eigenvalue weighted by atomic mass is 16.5. The van der Waals surface area contributed by atoms with Crippen molar-refractivity contribution in [3.8, 4) is 90.2 Å². The topological polar surface area (TPSA) is 52.3 Å². The molecule has 0 N–H and O–H groups in total. The van der Waals surface area contributed by atoms with E-state index < -0.39 is 5.41 Å². The van der Waals surface area contributed by atoms with Gasteiger partial charge >= 0.3 is 0 Å². The van der Waals surface area contributed by atoms with Gasteiger partial charge in [-0.1, -0.05) is 206 Å². The average Bonchev–Trinajstić information content (AvgIpc) is 3.75. The molecule has 1 aromatic heterocycles. The quantitative estimate of drug-likeness (QED) is 0.150. The fourth-order valence-electron chi connectivity index (χ4n) is 10.6. The molecule has 0 spiro atoms. The lowest BCUT2D eigenvalue weighted by Gasteiger charge is -2.42. The van der Waals surface area contributed by atoms with Crippen LogP contribution in [0.25, 0.3) is 94.3 Å². The molecule has 10 aromatic carbocycles. The SMILES string of the molecule is [C-]#[N+]c1ccc(-c2nc(-c3cccc(-c4cccc(-c5cccc6c5Oc5ccccc5C6(c5ccccc5)c5ccccc5)c4)c3)nc(-c3ccc4c5c(cccc35)-c3ccccc3-4)n2)cc1. The fourth-order valence-corrected chi connectivity index (χ4v) is 10.6. The molecule has 11 aromatic rings.